The molecule has 108 valence electrons. The van der Waals surface area contributed by atoms with E-state index in [4.69, 9.17) is 0 Å². The molecule has 1 amide bonds. The SMILES string of the molecule is CN(C)CCCNC(=O)c1cc(-c2cccs2)n(C)n1. The molecule has 0 unspecified atom stereocenters. The summed E-state index contributed by atoms with van der Waals surface area (Å²) in [5.41, 5.74) is 1.44. The number of nitrogens with one attached hydrogen (secondary N) is 1. The average Bonchev–Trinajstić information content (AvgIpc) is 3.02. The highest BCUT2D eigenvalue weighted by atomic mass is 32.1. The molecular weight excluding hydrogens is 272 g/mol. The standard InChI is InChI=1S/C14H20N4OS/c1-17(2)8-5-7-15-14(19)11-10-12(18(3)16-11)13-6-4-9-20-13/h4,6,9-10H,5,7-8H2,1-3H3,(H,15,19). The van der Waals surface area contributed by atoms with Crippen molar-refractivity contribution in [3.8, 4) is 10.6 Å². The Morgan fingerprint density at radius 3 is 2.95 bits per heavy atom. The third-order valence-electron chi connectivity index (χ3n) is 2.95. The first-order valence-corrected chi connectivity index (χ1v) is 7.46. The predicted octanol–water partition coefficient (Wildman–Crippen LogP) is 1.83. The fraction of sp³-hybridized carbons (Fsp3) is 0.429. The number of thiophene rings is 1. The van der Waals surface area contributed by atoms with Crippen LogP contribution in [-0.4, -0.2) is 47.8 Å². The van der Waals surface area contributed by atoms with E-state index in [0.717, 1.165) is 23.5 Å². The molecule has 2 aromatic heterocycles. The van der Waals surface area contributed by atoms with E-state index in [0.29, 0.717) is 12.2 Å². The Hall–Kier alpha value is -1.66. The normalized spacial score (nSPS) is 11.0. The summed E-state index contributed by atoms with van der Waals surface area (Å²) in [5, 5.41) is 9.20. The molecule has 6 heteroatoms. The number of nitrogens with zero attached hydrogens (tertiary/aromatic N) is 3. The minimum absolute atomic E-state index is 0.109. The van der Waals surface area contributed by atoms with Gasteiger partial charge in [-0.05, 0) is 44.6 Å². The van der Waals surface area contributed by atoms with E-state index in [1.54, 1.807) is 16.0 Å². The highest BCUT2D eigenvalue weighted by Crippen LogP contribution is 2.24. The molecular formula is C14H20N4OS. The fourth-order valence-corrected chi connectivity index (χ4v) is 2.69. The van der Waals surface area contributed by atoms with Crippen molar-refractivity contribution in [3.63, 3.8) is 0 Å². The van der Waals surface area contributed by atoms with Gasteiger partial charge in [0.25, 0.3) is 5.91 Å². The molecule has 0 saturated carbocycles. The third kappa shape index (κ3) is 3.68. The summed E-state index contributed by atoms with van der Waals surface area (Å²) in [6.07, 6.45) is 0.934. The molecule has 5 nitrogen and oxygen atoms in total. The smallest absolute Gasteiger partial charge is 0.271 e. The van der Waals surface area contributed by atoms with Crippen LogP contribution in [0.25, 0.3) is 10.6 Å². The number of amides is 1. The van der Waals surface area contributed by atoms with E-state index in [1.807, 2.05) is 44.7 Å². The number of aryl methyl sites for hydroxylation is 1. The van der Waals surface area contributed by atoms with E-state index in [-0.39, 0.29) is 5.91 Å². The van der Waals surface area contributed by atoms with Gasteiger partial charge in [0.05, 0.1) is 10.6 Å². The molecule has 0 fully saturated rings. The van der Waals surface area contributed by atoms with Gasteiger partial charge in [-0.2, -0.15) is 5.10 Å². The number of carbonyl (C=O) groups is 1. The van der Waals surface area contributed by atoms with Crippen molar-refractivity contribution in [2.45, 2.75) is 6.42 Å². The second-order valence-corrected chi connectivity index (χ2v) is 5.88. The Morgan fingerprint density at radius 2 is 2.30 bits per heavy atom. The quantitative estimate of drug-likeness (QED) is 0.826. The molecule has 2 aromatic rings. The topological polar surface area (TPSA) is 50.2 Å². The Balaban J connectivity index is 1.96. The summed E-state index contributed by atoms with van der Waals surface area (Å²) in [6.45, 7) is 1.63. The lowest BCUT2D eigenvalue weighted by Gasteiger charge is -2.09. The van der Waals surface area contributed by atoms with Gasteiger partial charge in [0.2, 0.25) is 0 Å². The predicted molar refractivity (Wildman–Crippen MR) is 82.0 cm³/mol. The summed E-state index contributed by atoms with van der Waals surface area (Å²) in [5.74, 6) is -0.109. The first-order chi connectivity index (χ1) is 9.58. The van der Waals surface area contributed by atoms with Crippen LogP contribution in [0.2, 0.25) is 0 Å². The largest absolute Gasteiger partial charge is 0.351 e. The van der Waals surface area contributed by atoms with Crippen LogP contribution >= 0.6 is 11.3 Å². The minimum atomic E-state index is -0.109. The highest BCUT2D eigenvalue weighted by molar-refractivity contribution is 7.13. The number of hydrogen-bond donors (Lipinski definition) is 1. The zero-order valence-electron chi connectivity index (χ0n) is 12.1. The van der Waals surface area contributed by atoms with Gasteiger partial charge in [0.15, 0.2) is 5.69 Å². The maximum atomic E-state index is 12.0. The van der Waals surface area contributed by atoms with Gasteiger partial charge in [-0.3, -0.25) is 9.48 Å². The lowest BCUT2D eigenvalue weighted by molar-refractivity contribution is 0.0946. The van der Waals surface area contributed by atoms with E-state index >= 15 is 0 Å². The first-order valence-electron chi connectivity index (χ1n) is 6.59. The second kappa shape index (κ2) is 6.67. The fourth-order valence-electron chi connectivity index (χ4n) is 1.92. The van der Waals surface area contributed by atoms with Crippen molar-refractivity contribution in [1.29, 1.82) is 0 Å². The van der Waals surface area contributed by atoms with Crippen LogP contribution in [0.5, 0.6) is 0 Å². The second-order valence-electron chi connectivity index (χ2n) is 4.93. The van der Waals surface area contributed by atoms with Gasteiger partial charge in [-0.15, -0.1) is 11.3 Å². The lowest BCUT2D eigenvalue weighted by Crippen LogP contribution is -2.27. The molecule has 0 aliphatic rings. The van der Waals surface area contributed by atoms with Crippen molar-refractivity contribution in [2.75, 3.05) is 27.2 Å². The number of carbonyl (C=O) groups excluding carboxylic acids is 1. The number of hydrogen-bond acceptors (Lipinski definition) is 4. The van der Waals surface area contributed by atoms with E-state index < -0.39 is 0 Å². The van der Waals surface area contributed by atoms with Gasteiger partial charge >= 0.3 is 0 Å². The summed E-state index contributed by atoms with van der Waals surface area (Å²) >= 11 is 1.64. The van der Waals surface area contributed by atoms with Gasteiger partial charge in [0.1, 0.15) is 0 Å². The molecule has 0 aromatic carbocycles. The minimum Gasteiger partial charge on any atom is -0.351 e. The van der Waals surface area contributed by atoms with E-state index in [2.05, 4.69) is 15.3 Å². The van der Waals surface area contributed by atoms with Gasteiger partial charge < -0.3 is 10.2 Å². The van der Waals surface area contributed by atoms with Crippen LogP contribution < -0.4 is 5.32 Å². The van der Waals surface area contributed by atoms with E-state index in [1.165, 1.54) is 0 Å². The van der Waals surface area contributed by atoms with E-state index in [9.17, 15) is 4.79 Å². The van der Waals surface area contributed by atoms with Crippen molar-refractivity contribution in [3.05, 3.63) is 29.3 Å². The average molecular weight is 292 g/mol. The van der Waals surface area contributed by atoms with Crippen LogP contribution in [0.4, 0.5) is 0 Å². The zero-order valence-corrected chi connectivity index (χ0v) is 12.9. The third-order valence-corrected chi connectivity index (χ3v) is 3.85. The maximum Gasteiger partial charge on any atom is 0.271 e. The molecule has 0 atom stereocenters. The van der Waals surface area contributed by atoms with Crippen molar-refractivity contribution in [1.82, 2.24) is 20.0 Å². The van der Waals surface area contributed by atoms with Gasteiger partial charge in [-0.1, -0.05) is 6.07 Å². The van der Waals surface area contributed by atoms with Crippen molar-refractivity contribution < 1.29 is 4.79 Å². The number of rotatable bonds is 6. The summed E-state index contributed by atoms with van der Waals surface area (Å²) in [4.78, 5) is 15.2. The van der Waals surface area contributed by atoms with Crippen molar-refractivity contribution in [2.24, 2.45) is 7.05 Å². The molecule has 0 spiro atoms. The molecule has 1 N–H and O–H groups in total. The maximum absolute atomic E-state index is 12.0. The molecule has 2 rings (SSSR count). The highest BCUT2D eigenvalue weighted by Gasteiger charge is 2.13. The molecule has 0 aliphatic heterocycles. The Bertz CT molecular complexity index is 560. The van der Waals surface area contributed by atoms with Crippen LogP contribution in [0.1, 0.15) is 16.9 Å². The summed E-state index contributed by atoms with van der Waals surface area (Å²) in [6, 6.07) is 5.86. The molecule has 0 aliphatic carbocycles. The van der Waals surface area contributed by atoms with Crippen molar-refractivity contribution >= 4 is 17.2 Å². The first kappa shape index (κ1) is 14.7. The Labute approximate surface area is 123 Å². The Kier molecular flexibility index (Phi) is 4.92. The van der Waals surface area contributed by atoms with Crippen LogP contribution in [0.3, 0.4) is 0 Å². The summed E-state index contributed by atoms with van der Waals surface area (Å²) in [7, 11) is 5.90. The van der Waals surface area contributed by atoms with Crippen LogP contribution in [-0.2, 0) is 7.05 Å². The van der Waals surface area contributed by atoms with Crippen LogP contribution in [0.15, 0.2) is 23.6 Å². The monoisotopic (exact) mass is 292 g/mol. The number of aromatic nitrogens is 2. The Morgan fingerprint density at radius 1 is 1.50 bits per heavy atom. The molecule has 0 bridgehead atoms. The van der Waals surface area contributed by atoms with Crippen LogP contribution in [0, 0.1) is 0 Å². The molecule has 0 radical (unpaired) electrons. The lowest BCUT2D eigenvalue weighted by atomic mass is 10.3. The van der Waals surface area contributed by atoms with Gasteiger partial charge in [-0.25, -0.2) is 0 Å². The summed E-state index contributed by atoms with van der Waals surface area (Å²) < 4.78 is 1.75. The zero-order chi connectivity index (χ0) is 14.5. The molecule has 20 heavy (non-hydrogen) atoms. The molecule has 0 saturated heterocycles. The van der Waals surface area contributed by atoms with Gasteiger partial charge in [0, 0.05) is 13.6 Å². The molecule has 2 heterocycles.